The Morgan fingerprint density at radius 2 is 1.80 bits per heavy atom. The van der Waals surface area contributed by atoms with Crippen LogP contribution in [0.3, 0.4) is 0 Å². The van der Waals surface area contributed by atoms with Crippen molar-refractivity contribution in [1.29, 1.82) is 0 Å². The number of benzene rings is 1. The number of fused-ring (bicyclic) bond motifs is 1. The highest BCUT2D eigenvalue weighted by molar-refractivity contribution is 6.35. The average molecular weight is 428 g/mol. The Hall–Kier alpha value is -2.57. The first-order valence-corrected chi connectivity index (χ1v) is 10.4. The summed E-state index contributed by atoms with van der Waals surface area (Å²) in [5.41, 5.74) is 3.41. The van der Waals surface area contributed by atoms with Gasteiger partial charge in [0.05, 0.1) is 24.9 Å². The van der Waals surface area contributed by atoms with Crippen molar-refractivity contribution in [3.63, 3.8) is 0 Å². The maximum Gasteiger partial charge on any atom is 0.141 e. The second kappa shape index (κ2) is 8.66. The summed E-state index contributed by atoms with van der Waals surface area (Å²) in [6, 6.07) is 6.20. The van der Waals surface area contributed by atoms with Gasteiger partial charge in [0.1, 0.15) is 17.3 Å². The summed E-state index contributed by atoms with van der Waals surface area (Å²) in [6.07, 6.45) is 3.78. The summed E-state index contributed by atoms with van der Waals surface area (Å²) < 4.78 is 16.5. The van der Waals surface area contributed by atoms with Crippen LogP contribution in [0, 0.1) is 13.8 Å². The Morgan fingerprint density at radius 1 is 1.07 bits per heavy atom. The van der Waals surface area contributed by atoms with Gasteiger partial charge in [-0.3, -0.25) is 4.98 Å². The Morgan fingerprint density at radius 3 is 2.50 bits per heavy atom. The molecule has 6 nitrogen and oxygen atoms in total. The molecule has 0 saturated carbocycles. The Bertz CT molecular complexity index is 1050. The summed E-state index contributed by atoms with van der Waals surface area (Å²) in [4.78, 5) is 9.49. The Labute approximate surface area is 181 Å². The number of halogens is 1. The smallest absolute Gasteiger partial charge is 0.141 e. The van der Waals surface area contributed by atoms with Gasteiger partial charge >= 0.3 is 0 Å². The predicted molar refractivity (Wildman–Crippen MR) is 120 cm³/mol. The number of nitrogens with one attached hydrogen (secondary N) is 1. The monoisotopic (exact) mass is 427 g/mol. The quantitative estimate of drug-likeness (QED) is 0.605. The lowest BCUT2D eigenvalue weighted by atomic mass is 10.0. The topological polar surface area (TPSA) is 65.5 Å². The number of rotatable bonds is 5. The molecule has 7 heteroatoms. The van der Waals surface area contributed by atoms with E-state index in [0.29, 0.717) is 22.6 Å². The second-order valence-corrected chi connectivity index (χ2v) is 7.91. The highest BCUT2D eigenvalue weighted by atomic mass is 35.5. The first kappa shape index (κ1) is 20.7. The normalized spacial score (nSPS) is 14.7. The molecule has 2 aromatic heterocycles. The lowest BCUT2D eigenvalue weighted by Gasteiger charge is -2.25. The highest BCUT2D eigenvalue weighted by Crippen LogP contribution is 2.43. The van der Waals surface area contributed by atoms with Gasteiger partial charge in [-0.1, -0.05) is 11.6 Å². The van der Waals surface area contributed by atoms with Crippen LogP contribution in [0.15, 0.2) is 24.4 Å². The van der Waals surface area contributed by atoms with Crippen molar-refractivity contribution in [3.8, 4) is 22.8 Å². The van der Waals surface area contributed by atoms with Crippen molar-refractivity contribution >= 4 is 28.2 Å². The van der Waals surface area contributed by atoms with Crippen LogP contribution < -0.4 is 14.8 Å². The van der Waals surface area contributed by atoms with Gasteiger partial charge in [-0.25, -0.2) is 4.98 Å². The Balaban J connectivity index is 1.91. The van der Waals surface area contributed by atoms with Crippen molar-refractivity contribution < 1.29 is 14.2 Å². The van der Waals surface area contributed by atoms with Crippen molar-refractivity contribution in [2.45, 2.75) is 32.7 Å². The van der Waals surface area contributed by atoms with Gasteiger partial charge in [-0.2, -0.15) is 0 Å². The molecule has 1 aromatic carbocycles. The highest BCUT2D eigenvalue weighted by Gasteiger charge is 2.21. The Kier molecular flexibility index (Phi) is 5.97. The summed E-state index contributed by atoms with van der Waals surface area (Å²) >= 11 is 6.73. The van der Waals surface area contributed by atoms with Gasteiger partial charge < -0.3 is 19.5 Å². The van der Waals surface area contributed by atoms with Crippen molar-refractivity contribution in [2.24, 2.45) is 0 Å². The SMILES string of the molecule is COc1cc(OC)c(Cl)c(-c2cc3cnc(C)cc3c(NC3CCOCC3)n2)c1C. The maximum atomic E-state index is 6.73. The molecular weight excluding hydrogens is 402 g/mol. The van der Waals surface area contributed by atoms with Gasteiger partial charge in [0.25, 0.3) is 0 Å². The second-order valence-electron chi connectivity index (χ2n) is 7.53. The molecule has 0 amide bonds. The molecule has 0 radical (unpaired) electrons. The molecule has 1 aliphatic heterocycles. The zero-order chi connectivity index (χ0) is 21.3. The number of hydrogen-bond donors (Lipinski definition) is 1. The summed E-state index contributed by atoms with van der Waals surface area (Å²) in [5, 5.41) is 6.19. The largest absolute Gasteiger partial charge is 0.496 e. The third-order valence-electron chi connectivity index (χ3n) is 5.55. The summed E-state index contributed by atoms with van der Waals surface area (Å²) in [5.74, 6) is 2.09. The number of methoxy groups -OCH3 is 2. The molecule has 1 N–H and O–H groups in total. The minimum atomic E-state index is 0.314. The van der Waals surface area contributed by atoms with Gasteiger partial charge in [0.2, 0.25) is 0 Å². The third kappa shape index (κ3) is 3.89. The number of ether oxygens (including phenoxy) is 3. The fourth-order valence-corrected chi connectivity index (χ4v) is 4.26. The number of hydrogen-bond acceptors (Lipinski definition) is 6. The minimum Gasteiger partial charge on any atom is -0.496 e. The van der Waals surface area contributed by atoms with Crippen molar-refractivity contribution in [2.75, 3.05) is 32.8 Å². The van der Waals surface area contributed by atoms with E-state index in [9.17, 15) is 0 Å². The summed E-state index contributed by atoms with van der Waals surface area (Å²) in [6.45, 7) is 5.48. The number of aryl methyl sites for hydroxylation is 1. The molecule has 30 heavy (non-hydrogen) atoms. The van der Waals surface area contributed by atoms with E-state index in [1.54, 1.807) is 20.3 Å². The maximum absolute atomic E-state index is 6.73. The van der Waals surface area contributed by atoms with Crippen LogP contribution in [-0.4, -0.2) is 43.4 Å². The molecule has 1 fully saturated rings. The molecule has 3 aromatic rings. The first-order chi connectivity index (χ1) is 14.5. The lowest BCUT2D eigenvalue weighted by Crippen LogP contribution is -2.28. The van der Waals surface area contributed by atoms with E-state index in [4.69, 9.17) is 30.8 Å². The van der Waals surface area contributed by atoms with Gasteiger partial charge in [0, 0.05) is 59.1 Å². The van der Waals surface area contributed by atoms with Crippen LogP contribution >= 0.6 is 11.6 Å². The van der Waals surface area contributed by atoms with Gasteiger partial charge in [-0.15, -0.1) is 0 Å². The van der Waals surface area contributed by atoms with Gasteiger partial charge in [-0.05, 0) is 38.8 Å². The molecule has 158 valence electrons. The third-order valence-corrected chi connectivity index (χ3v) is 5.93. The van der Waals surface area contributed by atoms with E-state index < -0.39 is 0 Å². The fraction of sp³-hybridized carbons (Fsp3) is 0.391. The molecule has 0 spiro atoms. The van der Waals surface area contributed by atoms with Crippen LogP contribution in [0.25, 0.3) is 22.0 Å². The molecule has 0 unspecified atom stereocenters. The van der Waals surface area contributed by atoms with Crippen LogP contribution in [0.4, 0.5) is 5.82 Å². The van der Waals surface area contributed by atoms with Crippen LogP contribution in [0.1, 0.15) is 24.1 Å². The molecular formula is C23H26ClN3O3. The molecule has 0 bridgehead atoms. The first-order valence-electron chi connectivity index (χ1n) is 10.0. The fourth-order valence-electron chi connectivity index (χ4n) is 3.89. The standard InChI is InChI=1S/C23H26ClN3O3/c1-13-9-17-15(12-25-13)10-18(27-23(17)26-16-5-7-30-8-6-16)21-14(2)19(28-3)11-20(29-4)22(21)24/h9-12,16H,5-8H2,1-4H3,(H,26,27). The van der Waals surface area contributed by atoms with Crippen LogP contribution in [0.2, 0.25) is 5.02 Å². The van der Waals surface area contributed by atoms with Crippen molar-refractivity contribution in [3.05, 3.63) is 40.7 Å². The van der Waals surface area contributed by atoms with E-state index in [0.717, 1.165) is 65.2 Å². The lowest BCUT2D eigenvalue weighted by molar-refractivity contribution is 0.0904. The van der Waals surface area contributed by atoms with Crippen LogP contribution in [0.5, 0.6) is 11.5 Å². The molecule has 0 aliphatic carbocycles. The van der Waals surface area contributed by atoms with E-state index in [2.05, 4.69) is 16.4 Å². The minimum absolute atomic E-state index is 0.314. The number of pyridine rings is 2. The molecule has 4 rings (SSSR count). The molecule has 0 atom stereocenters. The van der Waals surface area contributed by atoms with E-state index >= 15 is 0 Å². The van der Waals surface area contributed by atoms with Crippen LogP contribution in [-0.2, 0) is 4.74 Å². The van der Waals surface area contributed by atoms with Gasteiger partial charge in [0.15, 0.2) is 0 Å². The average Bonchev–Trinajstić information content (AvgIpc) is 2.75. The molecule has 1 aliphatic rings. The van der Waals surface area contributed by atoms with E-state index in [1.807, 2.05) is 26.1 Å². The zero-order valence-electron chi connectivity index (χ0n) is 17.7. The van der Waals surface area contributed by atoms with E-state index in [-0.39, 0.29) is 0 Å². The van der Waals surface area contributed by atoms with E-state index in [1.165, 1.54) is 0 Å². The zero-order valence-corrected chi connectivity index (χ0v) is 18.5. The summed E-state index contributed by atoms with van der Waals surface area (Å²) in [7, 11) is 3.23. The molecule has 1 saturated heterocycles. The van der Waals surface area contributed by atoms with Crippen molar-refractivity contribution in [1.82, 2.24) is 9.97 Å². The number of nitrogens with zero attached hydrogens (tertiary/aromatic N) is 2. The predicted octanol–water partition coefficient (Wildman–Crippen LogP) is 5.18. The number of anilines is 1. The number of aromatic nitrogens is 2. The molecule has 3 heterocycles.